The Balaban J connectivity index is 2.14. The Labute approximate surface area is 138 Å². The van der Waals surface area contributed by atoms with E-state index >= 15 is 0 Å². The second-order valence-electron chi connectivity index (χ2n) is 6.13. The van der Waals surface area contributed by atoms with Gasteiger partial charge in [0, 0.05) is 34.7 Å². The zero-order valence-electron chi connectivity index (χ0n) is 13.4. The Hall–Kier alpha value is -0.280. The van der Waals surface area contributed by atoms with Crippen molar-refractivity contribution in [1.29, 1.82) is 0 Å². The molecule has 1 fully saturated rings. The third kappa shape index (κ3) is 3.73. The number of rotatable bonds is 4. The Morgan fingerprint density at radius 3 is 2.67 bits per heavy atom. The van der Waals surface area contributed by atoms with E-state index in [0.717, 1.165) is 18.1 Å². The number of halogens is 2. The van der Waals surface area contributed by atoms with Crippen molar-refractivity contribution in [2.24, 2.45) is 5.92 Å². The molecule has 1 heterocycles. The van der Waals surface area contributed by atoms with Crippen LogP contribution in [0.3, 0.4) is 0 Å². The van der Waals surface area contributed by atoms with Crippen LogP contribution in [0.1, 0.15) is 45.7 Å². The predicted molar refractivity (Wildman–Crippen MR) is 92.3 cm³/mol. The molecule has 1 saturated heterocycles. The molecule has 1 aromatic rings. The van der Waals surface area contributed by atoms with Gasteiger partial charge in [-0.2, -0.15) is 0 Å². The fourth-order valence-electron chi connectivity index (χ4n) is 3.51. The van der Waals surface area contributed by atoms with Gasteiger partial charge in [0.15, 0.2) is 0 Å². The number of nitrogens with zero attached hydrogens (tertiary/aromatic N) is 1. The molecule has 118 valence electrons. The number of benzene rings is 1. The second-order valence-corrected chi connectivity index (χ2v) is 6.98. The molecule has 0 aromatic heterocycles. The average Bonchev–Trinajstić information content (AvgIpc) is 2.44. The highest BCUT2D eigenvalue weighted by Gasteiger charge is 2.34. The molecule has 4 atom stereocenters. The first-order valence-corrected chi connectivity index (χ1v) is 8.65. The highest BCUT2D eigenvalue weighted by molar-refractivity contribution is 6.35. The molecule has 0 bridgehead atoms. The van der Waals surface area contributed by atoms with Crippen molar-refractivity contribution >= 4 is 23.2 Å². The second kappa shape index (κ2) is 7.32. The van der Waals surface area contributed by atoms with E-state index in [4.69, 9.17) is 23.2 Å². The van der Waals surface area contributed by atoms with Gasteiger partial charge in [0.05, 0.1) is 0 Å². The molecule has 0 radical (unpaired) electrons. The number of piperidine rings is 1. The van der Waals surface area contributed by atoms with Crippen molar-refractivity contribution in [1.82, 2.24) is 10.2 Å². The summed E-state index contributed by atoms with van der Waals surface area (Å²) in [7, 11) is 0. The number of hydrogen-bond donors (Lipinski definition) is 1. The number of hydrogen-bond acceptors (Lipinski definition) is 2. The zero-order chi connectivity index (χ0) is 15.6. The summed E-state index contributed by atoms with van der Waals surface area (Å²) in [5.74, 6) is 0.632. The van der Waals surface area contributed by atoms with E-state index < -0.39 is 0 Å². The van der Waals surface area contributed by atoms with Crippen LogP contribution in [0.15, 0.2) is 18.2 Å². The first-order chi connectivity index (χ1) is 9.95. The van der Waals surface area contributed by atoms with Crippen LogP contribution in [-0.4, -0.2) is 30.1 Å². The van der Waals surface area contributed by atoms with Gasteiger partial charge >= 0.3 is 0 Å². The molecule has 0 spiro atoms. The molecular weight excluding hydrogens is 303 g/mol. The molecule has 2 nitrogen and oxygen atoms in total. The third-order valence-corrected chi connectivity index (χ3v) is 5.56. The van der Waals surface area contributed by atoms with Crippen LogP contribution in [0, 0.1) is 5.92 Å². The van der Waals surface area contributed by atoms with E-state index in [1.54, 1.807) is 0 Å². The lowest BCUT2D eigenvalue weighted by Gasteiger charge is -2.46. The smallest absolute Gasteiger partial charge is 0.0468 e. The van der Waals surface area contributed by atoms with Gasteiger partial charge in [-0.15, -0.1) is 0 Å². The van der Waals surface area contributed by atoms with Gasteiger partial charge in [-0.1, -0.05) is 43.1 Å². The average molecular weight is 329 g/mol. The lowest BCUT2D eigenvalue weighted by atomic mass is 9.85. The SMILES string of the molecule is CCNC1CCN(C(C)c2ccc(Cl)cc2Cl)C(C)C1C. The van der Waals surface area contributed by atoms with Crippen molar-refractivity contribution in [3.05, 3.63) is 33.8 Å². The van der Waals surface area contributed by atoms with Crippen molar-refractivity contribution in [3.8, 4) is 0 Å². The Morgan fingerprint density at radius 2 is 2.05 bits per heavy atom. The molecule has 1 aromatic carbocycles. The first-order valence-electron chi connectivity index (χ1n) is 7.89. The number of likely N-dealkylation sites (tertiary alicyclic amines) is 1. The highest BCUT2D eigenvalue weighted by atomic mass is 35.5. The molecule has 4 heteroatoms. The van der Waals surface area contributed by atoms with E-state index in [9.17, 15) is 0 Å². The van der Waals surface area contributed by atoms with Crippen molar-refractivity contribution in [2.75, 3.05) is 13.1 Å². The Bertz CT molecular complexity index is 478. The first kappa shape index (κ1) is 17.1. The lowest BCUT2D eigenvalue weighted by molar-refractivity contribution is 0.0529. The quantitative estimate of drug-likeness (QED) is 0.856. The van der Waals surface area contributed by atoms with E-state index in [0.29, 0.717) is 29.1 Å². The summed E-state index contributed by atoms with van der Waals surface area (Å²) in [6.07, 6.45) is 1.19. The van der Waals surface area contributed by atoms with Gasteiger partial charge in [0.25, 0.3) is 0 Å². The van der Waals surface area contributed by atoms with Crippen LogP contribution in [0.25, 0.3) is 0 Å². The summed E-state index contributed by atoms with van der Waals surface area (Å²) in [4.78, 5) is 2.56. The summed E-state index contributed by atoms with van der Waals surface area (Å²) in [6, 6.07) is 7.30. The fraction of sp³-hybridized carbons (Fsp3) is 0.647. The van der Waals surface area contributed by atoms with Gasteiger partial charge in [-0.3, -0.25) is 4.90 Å². The van der Waals surface area contributed by atoms with Gasteiger partial charge in [-0.25, -0.2) is 0 Å². The van der Waals surface area contributed by atoms with Crippen LogP contribution in [-0.2, 0) is 0 Å². The summed E-state index contributed by atoms with van der Waals surface area (Å²) in [5, 5.41) is 5.08. The monoisotopic (exact) mass is 328 g/mol. The molecule has 0 saturated carbocycles. The van der Waals surface area contributed by atoms with Crippen LogP contribution in [0.4, 0.5) is 0 Å². The maximum absolute atomic E-state index is 6.38. The van der Waals surface area contributed by atoms with Crippen LogP contribution in [0.5, 0.6) is 0 Å². The predicted octanol–water partition coefficient (Wildman–Crippen LogP) is 4.76. The zero-order valence-corrected chi connectivity index (χ0v) is 14.9. The van der Waals surface area contributed by atoms with Gasteiger partial charge in [0.2, 0.25) is 0 Å². The third-order valence-electron chi connectivity index (χ3n) is 4.99. The van der Waals surface area contributed by atoms with Crippen molar-refractivity contribution in [2.45, 2.75) is 52.2 Å². The van der Waals surface area contributed by atoms with Gasteiger partial charge < -0.3 is 5.32 Å². The molecule has 2 rings (SSSR count). The van der Waals surface area contributed by atoms with Gasteiger partial charge in [-0.05, 0) is 50.4 Å². The minimum absolute atomic E-state index is 0.315. The van der Waals surface area contributed by atoms with Crippen LogP contribution >= 0.6 is 23.2 Å². The van der Waals surface area contributed by atoms with Crippen molar-refractivity contribution < 1.29 is 0 Å². The molecule has 0 amide bonds. The lowest BCUT2D eigenvalue weighted by Crippen LogP contribution is -2.53. The molecule has 1 aliphatic heterocycles. The molecule has 1 N–H and O–H groups in total. The van der Waals surface area contributed by atoms with E-state index in [2.05, 4.69) is 44.0 Å². The molecular formula is C17H26Cl2N2. The van der Waals surface area contributed by atoms with E-state index in [-0.39, 0.29) is 0 Å². The molecule has 4 unspecified atom stereocenters. The normalized spacial score (nSPS) is 28.6. The summed E-state index contributed by atoms with van der Waals surface area (Å²) in [6.45, 7) is 11.2. The number of nitrogens with one attached hydrogen (secondary N) is 1. The van der Waals surface area contributed by atoms with E-state index in [1.165, 1.54) is 12.0 Å². The summed E-state index contributed by atoms with van der Waals surface area (Å²) in [5.41, 5.74) is 1.17. The van der Waals surface area contributed by atoms with Crippen LogP contribution < -0.4 is 5.32 Å². The Morgan fingerprint density at radius 1 is 1.33 bits per heavy atom. The largest absolute Gasteiger partial charge is 0.314 e. The molecule has 21 heavy (non-hydrogen) atoms. The maximum Gasteiger partial charge on any atom is 0.0468 e. The standard InChI is InChI=1S/C17H26Cl2N2/c1-5-20-17-8-9-21(12(3)11(17)2)13(4)15-7-6-14(18)10-16(15)19/h6-7,10-13,17,20H,5,8-9H2,1-4H3. The summed E-state index contributed by atoms with van der Waals surface area (Å²) >= 11 is 12.4. The van der Waals surface area contributed by atoms with Crippen molar-refractivity contribution in [3.63, 3.8) is 0 Å². The summed E-state index contributed by atoms with van der Waals surface area (Å²) < 4.78 is 0. The molecule has 1 aliphatic rings. The minimum Gasteiger partial charge on any atom is -0.314 e. The Kier molecular flexibility index (Phi) is 5.96. The topological polar surface area (TPSA) is 15.3 Å². The maximum atomic E-state index is 6.38. The highest BCUT2D eigenvalue weighted by Crippen LogP contribution is 2.35. The minimum atomic E-state index is 0.315. The van der Waals surface area contributed by atoms with Crippen LogP contribution in [0.2, 0.25) is 10.0 Å². The fourth-order valence-corrected chi connectivity index (χ4v) is 4.07. The molecule has 0 aliphatic carbocycles. The van der Waals surface area contributed by atoms with E-state index in [1.807, 2.05) is 12.1 Å². The van der Waals surface area contributed by atoms with Gasteiger partial charge in [0.1, 0.15) is 0 Å².